The van der Waals surface area contributed by atoms with Crippen molar-refractivity contribution in [2.75, 3.05) is 13.2 Å². The van der Waals surface area contributed by atoms with Gasteiger partial charge in [-0.05, 0) is 96.3 Å². The third-order valence-corrected chi connectivity index (χ3v) is 8.93. The minimum absolute atomic E-state index is 0.0816. The summed E-state index contributed by atoms with van der Waals surface area (Å²) in [6.07, 6.45) is 66.3. The van der Waals surface area contributed by atoms with Gasteiger partial charge in [0.15, 0.2) is 6.10 Å². The molecule has 0 aliphatic carbocycles. The second kappa shape index (κ2) is 47.2. The lowest BCUT2D eigenvalue weighted by Crippen LogP contribution is -2.30. The minimum atomic E-state index is -0.850. The third-order valence-electron chi connectivity index (χ3n) is 8.93. The van der Waals surface area contributed by atoms with Crippen molar-refractivity contribution < 1.29 is 28.6 Å². The first-order valence-electron chi connectivity index (χ1n) is 23.2. The van der Waals surface area contributed by atoms with E-state index in [1.807, 2.05) is 6.08 Å². The van der Waals surface area contributed by atoms with E-state index in [0.29, 0.717) is 19.3 Å². The molecule has 334 valence electrons. The van der Waals surface area contributed by atoms with Crippen LogP contribution in [-0.4, -0.2) is 37.2 Å². The van der Waals surface area contributed by atoms with Crippen molar-refractivity contribution in [3.63, 3.8) is 0 Å². The molecule has 0 spiro atoms. The fraction of sp³-hybridized carbons (Fsp3) is 0.537. The zero-order chi connectivity index (χ0) is 43.7. The predicted octanol–water partition coefficient (Wildman–Crippen LogP) is 15.1. The Morgan fingerprint density at radius 2 is 0.700 bits per heavy atom. The van der Waals surface area contributed by atoms with Gasteiger partial charge in [-0.15, -0.1) is 0 Å². The van der Waals surface area contributed by atoms with Crippen LogP contribution in [0.5, 0.6) is 0 Å². The van der Waals surface area contributed by atoms with E-state index in [1.165, 1.54) is 19.3 Å². The Hall–Kier alpha value is -4.45. The van der Waals surface area contributed by atoms with Crippen LogP contribution in [-0.2, 0) is 28.6 Å². The van der Waals surface area contributed by atoms with E-state index in [4.69, 9.17) is 14.2 Å². The topological polar surface area (TPSA) is 78.9 Å². The molecule has 1 atom stereocenters. The number of carbonyl (C=O) groups is 3. The molecule has 0 aliphatic heterocycles. The van der Waals surface area contributed by atoms with E-state index < -0.39 is 12.1 Å². The maximum absolute atomic E-state index is 12.6. The van der Waals surface area contributed by atoms with E-state index in [9.17, 15) is 14.4 Å². The van der Waals surface area contributed by atoms with E-state index >= 15 is 0 Å². The molecule has 0 amide bonds. The molecule has 0 rings (SSSR count). The van der Waals surface area contributed by atoms with Crippen molar-refractivity contribution >= 4 is 17.9 Å². The van der Waals surface area contributed by atoms with E-state index in [2.05, 4.69) is 142 Å². The summed E-state index contributed by atoms with van der Waals surface area (Å²) >= 11 is 0. The van der Waals surface area contributed by atoms with Crippen LogP contribution < -0.4 is 0 Å². The lowest BCUT2D eigenvalue weighted by atomic mass is 10.1. The minimum Gasteiger partial charge on any atom is -0.462 e. The molecule has 0 aromatic rings. The summed E-state index contributed by atoms with van der Waals surface area (Å²) in [5.41, 5.74) is 0. The van der Waals surface area contributed by atoms with Crippen LogP contribution in [0.15, 0.2) is 134 Å². The maximum atomic E-state index is 12.6. The summed E-state index contributed by atoms with van der Waals surface area (Å²) in [5.74, 6) is -1.14. The summed E-state index contributed by atoms with van der Waals surface area (Å²) in [6, 6.07) is 0. The Labute approximate surface area is 366 Å². The van der Waals surface area contributed by atoms with Crippen LogP contribution in [0.3, 0.4) is 0 Å². The molecule has 1 unspecified atom stereocenters. The SMILES string of the molecule is CC/C=C\C/C=C\C/C=C\C/C=C\C/C=C\C/C=C\CCCCC(=O)OCC(COC(=O)CCCCCCCC)OC(=O)C/C=C\C/C=C\C/C=C\C/C=C\C/C=C\CC. The van der Waals surface area contributed by atoms with E-state index in [-0.39, 0.29) is 38.0 Å². The Kier molecular flexibility index (Phi) is 43.7. The Morgan fingerprint density at radius 3 is 1.10 bits per heavy atom. The first-order valence-corrected chi connectivity index (χ1v) is 23.2. The third kappa shape index (κ3) is 44.6. The molecule has 0 heterocycles. The molecular formula is C54H82O6. The van der Waals surface area contributed by atoms with Crippen molar-refractivity contribution in [1.82, 2.24) is 0 Å². The predicted molar refractivity (Wildman–Crippen MR) is 256 cm³/mol. The fourth-order valence-electron chi connectivity index (χ4n) is 5.52. The molecule has 0 N–H and O–H groups in total. The van der Waals surface area contributed by atoms with Crippen molar-refractivity contribution in [3.8, 4) is 0 Å². The molecule has 0 saturated carbocycles. The van der Waals surface area contributed by atoms with Gasteiger partial charge in [0.2, 0.25) is 0 Å². The van der Waals surface area contributed by atoms with Gasteiger partial charge in [0.05, 0.1) is 6.42 Å². The first-order chi connectivity index (χ1) is 29.5. The van der Waals surface area contributed by atoms with Gasteiger partial charge >= 0.3 is 17.9 Å². The number of hydrogen-bond acceptors (Lipinski definition) is 6. The summed E-state index contributed by atoms with van der Waals surface area (Å²) in [7, 11) is 0. The average molecular weight is 827 g/mol. The van der Waals surface area contributed by atoms with Gasteiger partial charge in [0, 0.05) is 12.8 Å². The molecule has 0 aliphatic rings. The van der Waals surface area contributed by atoms with Crippen LogP contribution in [0.25, 0.3) is 0 Å². The first kappa shape index (κ1) is 55.5. The molecule has 0 aromatic carbocycles. The summed E-state index contributed by atoms with van der Waals surface area (Å²) in [6.45, 7) is 6.18. The maximum Gasteiger partial charge on any atom is 0.310 e. The fourth-order valence-corrected chi connectivity index (χ4v) is 5.52. The number of rotatable bonds is 39. The largest absolute Gasteiger partial charge is 0.462 e. The number of allylic oxidation sites excluding steroid dienone is 21. The molecule has 0 saturated heterocycles. The van der Waals surface area contributed by atoms with Crippen molar-refractivity contribution in [1.29, 1.82) is 0 Å². The highest BCUT2D eigenvalue weighted by Gasteiger charge is 2.19. The molecule has 0 radical (unpaired) electrons. The quantitative estimate of drug-likeness (QED) is 0.0266. The van der Waals surface area contributed by atoms with Gasteiger partial charge in [-0.2, -0.15) is 0 Å². The standard InChI is InChI=1S/C54H82O6/c1-4-7-10-13-16-18-20-22-24-25-26-27-28-29-31-32-34-36-38-41-44-47-53(56)59-50-51(49-58-52(55)46-43-40-15-12-9-6-3)60-54(57)48-45-42-39-37-35-33-30-23-21-19-17-14-11-8-5-2/h7-8,10-11,16-19,22-24,26-27,29-31,34-37,42,45,51H,4-6,9,12-15,20-21,25,28,32-33,38-41,43-44,46-50H2,1-3H3/b10-7-,11-8-,18-16-,19-17-,24-22-,27-26-,30-23-,31-29-,36-34-,37-35-,45-42-. The molecule has 60 heavy (non-hydrogen) atoms. The van der Waals surface area contributed by atoms with Gasteiger partial charge < -0.3 is 14.2 Å². The molecule has 0 aromatic heterocycles. The summed E-state index contributed by atoms with van der Waals surface area (Å²) in [4.78, 5) is 37.5. The number of ether oxygens (including phenoxy) is 3. The van der Waals surface area contributed by atoms with Crippen LogP contribution in [0, 0.1) is 0 Å². The van der Waals surface area contributed by atoms with Gasteiger partial charge in [-0.3, -0.25) is 14.4 Å². The number of hydrogen-bond donors (Lipinski definition) is 0. The highest BCUT2D eigenvalue weighted by atomic mass is 16.6. The van der Waals surface area contributed by atoms with Gasteiger partial charge in [-0.1, -0.05) is 187 Å². The van der Waals surface area contributed by atoms with Crippen LogP contribution in [0.1, 0.15) is 168 Å². The molecule has 0 bridgehead atoms. The van der Waals surface area contributed by atoms with E-state index in [0.717, 1.165) is 96.3 Å². The Bertz CT molecular complexity index is 1370. The monoisotopic (exact) mass is 827 g/mol. The highest BCUT2D eigenvalue weighted by Crippen LogP contribution is 2.10. The van der Waals surface area contributed by atoms with Gasteiger partial charge in [-0.25, -0.2) is 0 Å². The molecule has 0 fully saturated rings. The lowest BCUT2D eigenvalue weighted by Gasteiger charge is -2.18. The second-order valence-electron chi connectivity index (χ2n) is 14.6. The smallest absolute Gasteiger partial charge is 0.310 e. The Morgan fingerprint density at radius 1 is 0.367 bits per heavy atom. The number of esters is 3. The van der Waals surface area contributed by atoms with Crippen LogP contribution >= 0.6 is 0 Å². The van der Waals surface area contributed by atoms with Crippen LogP contribution in [0.4, 0.5) is 0 Å². The second-order valence-corrected chi connectivity index (χ2v) is 14.6. The number of carbonyl (C=O) groups excluding carboxylic acids is 3. The zero-order valence-corrected chi connectivity index (χ0v) is 37.9. The van der Waals surface area contributed by atoms with Crippen molar-refractivity contribution in [2.24, 2.45) is 0 Å². The lowest BCUT2D eigenvalue weighted by molar-refractivity contribution is -0.166. The van der Waals surface area contributed by atoms with Crippen molar-refractivity contribution in [3.05, 3.63) is 134 Å². The molecular weight excluding hydrogens is 745 g/mol. The number of unbranched alkanes of at least 4 members (excludes halogenated alkanes) is 7. The highest BCUT2D eigenvalue weighted by molar-refractivity contribution is 5.72. The van der Waals surface area contributed by atoms with E-state index in [1.54, 1.807) is 6.08 Å². The summed E-state index contributed by atoms with van der Waals surface area (Å²) in [5, 5.41) is 0. The van der Waals surface area contributed by atoms with Gasteiger partial charge in [0.25, 0.3) is 0 Å². The van der Waals surface area contributed by atoms with Gasteiger partial charge in [0.1, 0.15) is 13.2 Å². The Balaban J connectivity index is 4.48. The summed E-state index contributed by atoms with van der Waals surface area (Å²) < 4.78 is 16.5. The normalized spacial score (nSPS) is 13.3. The average Bonchev–Trinajstić information content (AvgIpc) is 3.24. The zero-order valence-electron chi connectivity index (χ0n) is 37.9. The molecule has 6 heteroatoms. The van der Waals surface area contributed by atoms with Crippen LogP contribution in [0.2, 0.25) is 0 Å². The van der Waals surface area contributed by atoms with Crippen molar-refractivity contribution in [2.45, 2.75) is 175 Å². The molecule has 6 nitrogen and oxygen atoms in total.